The molecule has 5 saturated carbocycles. The molecule has 0 bridgehead atoms. The summed E-state index contributed by atoms with van der Waals surface area (Å²) in [7, 11) is 4.10. The normalized spacial score (nSPS) is 41.7. The Morgan fingerprint density at radius 2 is 1.58 bits per heavy atom. The highest BCUT2D eigenvalue weighted by molar-refractivity contribution is 5.81. The molecule has 5 rings (SSSR count). The third-order valence-corrected chi connectivity index (χ3v) is 16.0. The third-order valence-electron chi connectivity index (χ3n) is 16.0. The van der Waals surface area contributed by atoms with Crippen molar-refractivity contribution >= 4 is 17.8 Å². The lowest BCUT2D eigenvalue weighted by Gasteiger charge is -2.73. The van der Waals surface area contributed by atoms with Crippen LogP contribution in [0.2, 0.25) is 0 Å². The van der Waals surface area contributed by atoms with Crippen LogP contribution in [0, 0.1) is 62.1 Å². The van der Waals surface area contributed by atoms with Gasteiger partial charge in [0.05, 0.1) is 11.8 Å². The Bertz CT molecular complexity index is 1290. The largest absolute Gasteiger partial charge is 0.481 e. The first-order chi connectivity index (χ1) is 22.1. The minimum Gasteiger partial charge on any atom is -0.481 e. The molecule has 7 heteroatoms. The van der Waals surface area contributed by atoms with Crippen LogP contribution in [0.3, 0.4) is 0 Å². The van der Waals surface area contributed by atoms with Gasteiger partial charge in [0.25, 0.3) is 0 Å². The molecule has 48 heavy (non-hydrogen) atoms. The lowest BCUT2D eigenvalue weighted by molar-refractivity contribution is -0.250. The topological polar surface area (TPSA) is 95.9 Å². The minimum absolute atomic E-state index is 0.0689. The first kappa shape index (κ1) is 37.4. The van der Waals surface area contributed by atoms with E-state index in [0.29, 0.717) is 42.6 Å². The number of fused-ring (bicyclic) bond motifs is 7. The van der Waals surface area contributed by atoms with Gasteiger partial charge in [-0.15, -0.1) is 0 Å². The zero-order valence-electron chi connectivity index (χ0n) is 32.1. The van der Waals surface area contributed by atoms with Gasteiger partial charge in [0.2, 0.25) is 5.91 Å². The van der Waals surface area contributed by atoms with Gasteiger partial charge in [0.15, 0.2) is 0 Å². The van der Waals surface area contributed by atoms with Gasteiger partial charge in [-0.05, 0) is 150 Å². The molecule has 1 amide bonds. The molecule has 0 heterocycles. The highest BCUT2D eigenvalue weighted by Crippen LogP contribution is 2.78. The lowest BCUT2D eigenvalue weighted by atomic mass is 9.32. The maximum Gasteiger partial charge on any atom is 0.309 e. The number of rotatable bonds is 10. The first-order valence-electron chi connectivity index (χ1n) is 19.1. The molecule has 0 spiro atoms. The van der Waals surface area contributed by atoms with Crippen molar-refractivity contribution in [3.63, 3.8) is 0 Å². The molecule has 0 aromatic rings. The quantitative estimate of drug-likeness (QED) is 0.180. The number of carboxylic acids is 1. The SMILES string of the molecule is C=C(C)[C@@H]1CC[C@]2(CC(=O)NCCN(C)C)CC[C@]3(C)[C@H](CCC4[C@@]5(C)CC[C@H](OC(=O)CC(C)(C)C(=O)O)C(C)(C)C5CC[C@]43C)[C@@H]12. The molecular formula is C41H68N2O5. The van der Waals surface area contributed by atoms with Crippen molar-refractivity contribution in [3.8, 4) is 0 Å². The fraction of sp³-hybridized carbons (Fsp3) is 0.878. The van der Waals surface area contributed by atoms with E-state index >= 15 is 0 Å². The molecule has 5 aliphatic rings. The summed E-state index contributed by atoms with van der Waals surface area (Å²) in [5.41, 5.74) is 0.608. The Kier molecular flexibility index (Phi) is 9.89. The first-order valence-corrected chi connectivity index (χ1v) is 19.1. The number of carbonyl (C=O) groups is 3. The van der Waals surface area contributed by atoms with Crippen molar-refractivity contribution in [1.29, 1.82) is 0 Å². The number of allylic oxidation sites excluding steroid dienone is 1. The van der Waals surface area contributed by atoms with E-state index in [2.05, 4.69) is 72.4 Å². The second kappa shape index (κ2) is 12.7. The molecule has 0 saturated heterocycles. The van der Waals surface area contributed by atoms with Crippen molar-refractivity contribution in [2.24, 2.45) is 62.1 Å². The summed E-state index contributed by atoms with van der Waals surface area (Å²) in [6.45, 7) is 24.0. The summed E-state index contributed by atoms with van der Waals surface area (Å²) in [6, 6.07) is 0. The van der Waals surface area contributed by atoms with Gasteiger partial charge in [-0.2, -0.15) is 0 Å². The molecule has 10 atom stereocenters. The summed E-state index contributed by atoms with van der Waals surface area (Å²) in [5.74, 6) is 1.49. The van der Waals surface area contributed by atoms with Gasteiger partial charge in [-0.1, -0.05) is 46.8 Å². The number of hydrogen-bond acceptors (Lipinski definition) is 5. The van der Waals surface area contributed by atoms with Gasteiger partial charge < -0.3 is 20.1 Å². The van der Waals surface area contributed by atoms with Crippen LogP contribution in [0.5, 0.6) is 0 Å². The molecule has 5 fully saturated rings. The average Bonchev–Trinajstić information content (AvgIpc) is 3.34. The van der Waals surface area contributed by atoms with Gasteiger partial charge >= 0.3 is 11.9 Å². The number of aliphatic carboxylic acids is 1. The van der Waals surface area contributed by atoms with Gasteiger partial charge in [-0.3, -0.25) is 14.4 Å². The molecule has 2 unspecified atom stereocenters. The van der Waals surface area contributed by atoms with E-state index in [1.165, 1.54) is 31.3 Å². The molecule has 0 radical (unpaired) electrons. The summed E-state index contributed by atoms with van der Waals surface area (Å²) in [5, 5.41) is 12.8. The van der Waals surface area contributed by atoms with Crippen LogP contribution in [0.1, 0.15) is 132 Å². The fourth-order valence-corrected chi connectivity index (χ4v) is 13.2. The van der Waals surface area contributed by atoms with Crippen molar-refractivity contribution in [1.82, 2.24) is 10.2 Å². The molecule has 2 N–H and O–H groups in total. The number of amides is 1. The van der Waals surface area contributed by atoms with Crippen molar-refractivity contribution in [3.05, 3.63) is 12.2 Å². The maximum atomic E-state index is 13.5. The number of carbonyl (C=O) groups excluding carboxylic acids is 2. The van der Waals surface area contributed by atoms with E-state index in [1.807, 2.05) is 0 Å². The number of esters is 1. The van der Waals surface area contributed by atoms with Crippen LogP contribution in [-0.4, -0.2) is 61.1 Å². The number of hydrogen-bond donors (Lipinski definition) is 2. The number of nitrogens with one attached hydrogen (secondary N) is 1. The van der Waals surface area contributed by atoms with Crippen LogP contribution >= 0.6 is 0 Å². The van der Waals surface area contributed by atoms with E-state index in [4.69, 9.17) is 4.74 Å². The number of carboxylic acid groups (broad SMARTS) is 1. The Labute approximate surface area is 291 Å². The summed E-state index contributed by atoms with van der Waals surface area (Å²) < 4.78 is 6.17. The van der Waals surface area contributed by atoms with Crippen LogP contribution in [0.4, 0.5) is 0 Å². The molecule has 0 aliphatic heterocycles. The highest BCUT2D eigenvalue weighted by Gasteiger charge is 2.71. The van der Waals surface area contributed by atoms with E-state index in [0.717, 1.165) is 45.1 Å². The zero-order valence-corrected chi connectivity index (χ0v) is 32.1. The molecular weight excluding hydrogens is 600 g/mol. The van der Waals surface area contributed by atoms with Crippen LogP contribution < -0.4 is 5.32 Å². The molecule has 0 aromatic heterocycles. The fourth-order valence-electron chi connectivity index (χ4n) is 13.2. The van der Waals surface area contributed by atoms with Crippen molar-refractivity contribution in [2.45, 2.75) is 139 Å². The average molecular weight is 669 g/mol. The number of likely N-dealkylation sites (N-methyl/N-ethyl adjacent to an activating group) is 1. The Balaban J connectivity index is 1.38. The lowest BCUT2D eigenvalue weighted by Crippen LogP contribution is -2.67. The van der Waals surface area contributed by atoms with Gasteiger partial charge in [0, 0.05) is 24.9 Å². The van der Waals surface area contributed by atoms with Gasteiger partial charge in [0.1, 0.15) is 6.10 Å². The number of ether oxygens (including phenoxy) is 1. The Morgan fingerprint density at radius 1 is 0.896 bits per heavy atom. The van der Waals surface area contributed by atoms with E-state index in [9.17, 15) is 19.5 Å². The Morgan fingerprint density at radius 3 is 2.21 bits per heavy atom. The highest BCUT2D eigenvalue weighted by atomic mass is 16.5. The summed E-state index contributed by atoms with van der Waals surface area (Å²) >= 11 is 0. The molecule has 5 aliphatic carbocycles. The van der Waals surface area contributed by atoms with E-state index < -0.39 is 17.4 Å². The third kappa shape index (κ3) is 5.98. The minimum atomic E-state index is -1.14. The second-order valence-electron chi connectivity index (χ2n) is 19.6. The summed E-state index contributed by atoms with van der Waals surface area (Å²) in [4.78, 5) is 40.4. The second-order valence-corrected chi connectivity index (χ2v) is 19.6. The van der Waals surface area contributed by atoms with Crippen LogP contribution in [-0.2, 0) is 19.1 Å². The molecule has 272 valence electrons. The maximum absolute atomic E-state index is 13.5. The molecule has 7 nitrogen and oxygen atoms in total. The Hall–Kier alpha value is -1.89. The standard InChI is InChI=1S/C41H68N2O5/c1-26(2)27-14-19-41(24-32(44)42-22-23-43(10)11)21-20-39(8)28(34(27)41)12-13-30-38(7)17-16-31(48-33(45)25-36(3,4)35(46)47)37(5,6)29(38)15-18-40(30,39)9/h27-31,34H,1,12-25H2,2-11H3,(H,42,44)(H,46,47)/t27-,28+,29?,30?,31-,34+,38-,39+,40+,41+/m0/s1. The predicted octanol–water partition coefficient (Wildman–Crippen LogP) is 8.12. The van der Waals surface area contributed by atoms with Crippen molar-refractivity contribution < 1.29 is 24.2 Å². The zero-order chi connectivity index (χ0) is 35.7. The van der Waals surface area contributed by atoms with E-state index in [1.54, 1.807) is 13.8 Å². The van der Waals surface area contributed by atoms with Crippen LogP contribution in [0.15, 0.2) is 12.2 Å². The monoisotopic (exact) mass is 669 g/mol. The molecule has 0 aromatic carbocycles. The number of nitrogens with zero attached hydrogens (tertiary/aromatic N) is 1. The smallest absolute Gasteiger partial charge is 0.309 e. The van der Waals surface area contributed by atoms with Gasteiger partial charge in [-0.25, -0.2) is 0 Å². The predicted molar refractivity (Wildman–Crippen MR) is 191 cm³/mol. The van der Waals surface area contributed by atoms with Crippen LogP contribution in [0.25, 0.3) is 0 Å². The summed E-state index contributed by atoms with van der Waals surface area (Å²) in [6.07, 6.45) is 11.6. The van der Waals surface area contributed by atoms with E-state index in [-0.39, 0.29) is 45.5 Å². The van der Waals surface area contributed by atoms with Crippen molar-refractivity contribution in [2.75, 3.05) is 27.2 Å².